The molecule has 2 nitrogen and oxygen atoms in total. The molecule has 0 aromatic heterocycles. The van der Waals surface area contributed by atoms with Crippen LogP contribution in [0.4, 0.5) is 0 Å². The first-order valence-corrected chi connectivity index (χ1v) is 7.26. The van der Waals surface area contributed by atoms with Gasteiger partial charge in [0.1, 0.15) is 5.75 Å². The average Bonchev–Trinajstić information content (AvgIpc) is 2.86. The zero-order valence-corrected chi connectivity index (χ0v) is 12.3. The highest BCUT2D eigenvalue weighted by molar-refractivity contribution is 6.31. The van der Waals surface area contributed by atoms with Crippen molar-refractivity contribution < 1.29 is 9.84 Å². The number of aliphatic hydroxyl groups is 1. The molecule has 1 atom stereocenters. The fourth-order valence-electron chi connectivity index (χ4n) is 2.54. The molecule has 0 saturated carbocycles. The van der Waals surface area contributed by atoms with Crippen LogP contribution in [-0.2, 0) is 12.8 Å². The van der Waals surface area contributed by atoms with E-state index in [4.69, 9.17) is 27.9 Å². The summed E-state index contributed by atoms with van der Waals surface area (Å²) in [5.74, 6) is 0.871. The third-order valence-electron chi connectivity index (χ3n) is 3.47. The van der Waals surface area contributed by atoms with Gasteiger partial charge in [0.2, 0.25) is 0 Å². The molecule has 0 aliphatic carbocycles. The Balaban J connectivity index is 1.88. The van der Waals surface area contributed by atoms with Gasteiger partial charge in [-0.3, -0.25) is 0 Å². The lowest BCUT2D eigenvalue weighted by Gasteiger charge is -2.14. The number of aliphatic hydroxyl groups excluding tert-OH is 1. The van der Waals surface area contributed by atoms with Crippen molar-refractivity contribution in [2.45, 2.75) is 18.9 Å². The summed E-state index contributed by atoms with van der Waals surface area (Å²) >= 11 is 12.1. The molecule has 20 heavy (non-hydrogen) atoms. The van der Waals surface area contributed by atoms with E-state index in [2.05, 4.69) is 0 Å². The minimum atomic E-state index is -0.625. The van der Waals surface area contributed by atoms with Gasteiger partial charge in [-0.25, -0.2) is 0 Å². The summed E-state index contributed by atoms with van der Waals surface area (Å²) in [4.78, 5) is 0. The molecule has 2 aromatic rings. The Morgan fingerprint density at radius 3 is 2.80 bits per heavy atom. The van der Waals surface area contributed by atoms with Crippen molar-refractivity contribution in [3.8, 4) is 5.75 Å². The summed E-state index contributed by atoms with van der Waals surface area (Å²) in [6.45, 7) is 0.677. The Morgan fingerprint density at radius 2 is 2.00 bits per heavy atom. The number of hydrogen-bond donors (Lipinski definition) is 1. The van der Waals surface area contributed by atoms with Crippen molar-refractivity contribution in [1.29, 1.82) is 0 Å². The molecule has 2 aromatic carbocycles. The van der Waals surface area contributed by atoms with Crippen LogP contribution in [-0.4, -0.2) is 11.7 Å². The molecule has 1 aliphatic heterocycles. The van der Waals surface area contributed by atoms with E-state index in [-0.39, 0.29) is 0 Å². The van der Waals surface area contributed by atoms with Crippen molar-refractivity contribution in [2.24, 2.45) is 0 Å². The molecule has 0 spiro atoms. The number of fused-ring (bicyclic) bond motifs is 1. The summed E-state index contributed by atoms with van der Waals surface area (Å²) in [6, 6.07) is 11.1. The van der Waals surface area contributed by atoms with Crippen molar-refractivity contribution in [3.63, 3.8) is 0 Å². The summed E-state index contributed by atoms with van der Waals surface area (Å²) in [5.41, 5.74) is 2.85. The predicted molar refractivity (Wildman–Crippen MR) is 80.8 cm³/mol. The van der Waals surface area contributed by atoms with Gasteiger partial charge in [0.25, 0.3) is 0 Å². The molecule has 0 amide bonds. The Morgan fingerprint density at radius 1 is 1.15 bits per heavy atom. The van der Waals surface area contributed by atoms with E-state index < -0.39 is 6.10 Å². The quantitative estimate of drug-likeness (QED) is 0.920. The Bertz CT molecular complexity index is 640. The smallest absolute Gasteiger partial charge is 0.126 e. The van der Waals surface area contributed by atoms with Crippen molar-refractivity contribution in [1.82, 2.24) is 0 Å². The summed E-state index contributed by atoms with van der Waals surface area (Å²) in [7, 11) is 0. The highest BCUT2D eigenvalue weighted by Gasteiger charge is 2.20. The predicted octanol–water partition coefficient (Wildman–Crippen LogP) is 4.20. The zero-order valence-electron chi connectivity index (χ0n) is 10.8. The van der Waals surface area contributed by atoms with Gasteiger partial charge in [-0.05, 0) is 41.0 Å². The van der Waals surface area contributed by atoms with Crippen LogP contribution < -0.4 is 4.74 Å². The van der Waals surface area contributed by atoms with E-state index in [1.807, 2.05) is 24.3 Å². The molecule has 0 bridgehead atoms. The number of halogens is 2. The third kappa shape index (κ3) is 2.78. The monoisotopic (exact) mass is 308 g/mol. The van der Waals surface area contributed by atoms with E-state index in [9.17, 15) is 5.11 Å². The molecular weight excluding hydrogens is 295 g/mol. The molecule has 3 rings (SSSR count). The van der Waals surface area contributed by atoms with Gasteiger partial charge in [0.15, 0.2) is 0 Å². The lowest BCUT2D eigenvalue weighted by Crippen LogP contribution is -2.03. The number of benzene rings is 2. The van der Waals surface area contributed by atoms with Gasteiger partial charge in [0.05, 0.1) is 12.7 Å². The molecule has 0 fully saturated rings. The van der Waals surface area contributed by atoms with Gasteiger partial charge in [-0.1, -0.05) is 35.3 Å². The lowest BCUT2D eigenvalue weighted by molar-refractivity contribution is 0.177. The van der Waals surface area contributed by atoms with Crippen LogP contribution in [0.5, 0.6) is 5.75 Å². The molecule has 1 N–H and O–H groups in total. The van der Waals surface area contributed by atoms with Crippen LogP contribution in [0.3, 0.4) is 0 Å². The first-order valence-electron chi connectivity index (χ1n) is 6.51. The molecule has 1 heterocycles. The summed E-state index contributed by atoms with van der Waals surface area (Å²) in [5, 5.41) is 11.7. The molecule has 0 radical (unpaired) electrons. The van der Waals surface area contributed by atoms with Crippen LogP contribution in [0.1, 0.15) is 22.8 Å². The number of rotatable bonds is 3. The van der Waals surface area contributed by atoms with Crippen LogP contribution in [0.2, 0.25) is 10.0 Å². The molecule has 0 saturated heterocycles. The Kier molecular flexibility index (Phi) is 3.88. The van der Waals surface area contributed by atoms with Crippen molar-refractivity contribution >= 4 is 23.2 Å². The normalized spacial score (nSPS) is 14.8. The number of ether oxygens (including phenoxy) is 1. The maximum Gasteiger partial charge on any atom is 0.126 e. The van der Waals surface area contributed by atoms with E-state index in [1.54, 1.807) is 12.1 Å². The van der Waals surface area contributed by atoms with Crippen molar-refractivity contribution in [3.05, 3.63) is 63.1 Å². The minimum absolute atomic E-state index is 0.462. The summed E-state index contributed by atoms with van der Waals surface area (Å²) in [6.07, 6.45) is 0.708. The summed E-state index contributed by atoms with van der Waals surface area (Å²) < 4.78 is 5.65. The largest absolute Gasteiger partial charge is 0.493 e. The fraction of sp³-hybridized carbons (Fsp3) is 0.250. The maximum absolute atomic E-state index is 10.4. The van der Waals surface area contributed by atoms with Gasteiger partial charge in [-0.2, -0.15) is 0 Å². The van der Waals surface area contributed by atoms with Crippen LogP contribution in [0.15, 0.2) is 36.4 Å². The second-order valence-corrected chi connectivity index (χ2v) is 5.80. The van der Waals surface area contributed by atoms with Crippen LogP contribution >= 0.6 is 23.2 Å². The Labute approximate surface area is 127 Å². The first-order chi connectivity index (χ1) is 9.63. The molecule has 1 aliphatic rings. The van der Waals surface area contributed by atoms with Gasteiger partial charge < -0.3 is 9.84 Å². The van der Waals surface area contributed by atoms with Crippen LogP contribution in [0, 0.1) is 0 Å². The Hall–Kier alpha value is -1.22. The SMILES string of the molecule is OC(Cc1cc(Cl)cc2c1OCC2)c1cccc(Cl)c1. The van der Waals surface area contributed by atoms with Gasteiger partial charge >= 0.3 is 0 Å². The zero-order chi connectivity index (χ0) is 14.1. The van der Waals surface area contributed by atoms with Crippen molar-refractivity contribution in [2.75, 3.05) is 6.61 Å². The lowest BCUT2D eigenvalue weighted by atomic mass is 9.99. The molecule has 4 heteroatoms. The van der Waals surface area contributed by atoms with Gasteiger partial charge in [0, 0.05) is 22.9 Å². The molecule has 104 valence electrons. The second-order valence-electron chi connectivity index (χ2n) is 4.93. The topological polar surface area (TPSA) is 29.5 Å². The third-order valence-corrected chi connectivity index (χ3v) is 3.93. The van der Waals surface area contributed by atoms with E-state index in [0.717, 1.165) is 28.9 Å². The van der Waals surface area contributed by atoms with Gasteiger partial charge in [-0.15, -0.1) is 0 Å². The van der Waals surface area contributed by atoms with E-state index in [1.165, 1.54) is 0 Å². The maximum atomic E-state index is 10.4. The van der Waals surface area contributed by atoms with E-state index in [0.29, 0.717) is 23.1 Å². The second kappa shape index (κ2) is 5.65. The standard InChI is InChI=1S/C16H14Cl2O2/c17-13-3-1-2-10(6-13)15(19)9-12-8-14(18)7-11-4-5-20-16(11)12/h1-3,6-8,15,19H,4-5,9H2. The highest BCUT2D eigenvalue weighted by Crippen LogP contribution is 2.35. The minimum Gasteiger partial charge on any atom is -0.493 e. The van der Waals surface area contributed by atoms with Crippen LogP contribution in [0.25, 0.3) is 0 Å². The fourth-order valence-corrected chi connectivity index (χ4v) is 3.00. The number of hydrogen-bond acceptors (Lipinski definition) is 2. The van der Waals surface area contributed by atoms with E-state index >= 15 is 0 Å². The molecular formula is C16H14Cl2O2. The average molecular weight is 309 g/mol. The highest BCUT2D eigenvalue weighted by atomic mass is 35.5. The molecule has 1 unspecified atom stereocenters. The first kappa shape index (κ1) is 13.7.